The minimum Gasteiger partial charge on any atom is -0.395 e. The molecular weight excluding hydrogens is 566 g/mol. The van der Waals surface area contributed by atoms with Gasteiger partial charge in [-0.1, -0.05) is 154 Å². The van der Waals surface area contributed by atoms with Gasteiger partial charge in [-0.15, -0.1) is 0 Å². The first kappa shape index (κ1) is 45.3. The fourth-order valence-electron chi connectivity index (χ4n) is 5.97. The third kappa shape index (κ3) is 39.5. The zero-order valence-electron chi connectivity index (χ0n) is 31.5. The summed E-state index contributed by atoms with van der Waals surface area (Å²) in [6.45, 7) is 10.5. The molecule has 0 amide bonds. The maximum absolute atomic E-state index is 9.42. The molecular formula is C42H83NO3. The van der Waals surface area contributed by atoms with E-state index in [0.717, 1.165) is 52.4 Å². The van der Waals surface area contributed by atoms with Crippen molar-refractivity contribution in [2.45, 2.75) is 194 Å². The second kappa shape index (κ2) is 42.3. The maximum Gasteiger partial charge on any atom is 0.0593 e. The van der Waals surface area contributed by atoms with Crippen molar-refractivity contribution >= 4 is 0 Å². The van der Waals surface area contributed by atoms with Gasteiger partial charge >= 0.3 is 0 Å². The van der Waals surface area contributed by atoms with Crippen molar-refractivity contribution in [3.8, 4) is 0 Å². The Kier molecular flexibility index (Phi) is 41.7. The van der Waals surface area contributed by atoms with Crippen molar-refractivity contribution in [3.63, 3.8) is 0 Å². The van der Waals surface area contributed by atoms with Crippen molar-refractivity contribution in [2.24, 2.45) is 0 Å². The van der Waals surface area contributed by atoms with Crippen LogP contribution >= 0.6 is 0 Å². The van der Waals surface area contributed by atoms with Crippen LogP contribution in [0.1, 0.15) is 194 Å². The third-order valence-electron chi connectivity index (χ3n) is 9.12. The molecule has 0 heterocycles. The lowest BCUT2D eigenvalue weighted by Gasteiger charge is -2.21. The van der Waals surface area contributed by atoms with Crippen molar-refractivity contribution in [2.75, 3.05) is 52.7 Å². The number of rotatable bonds is 40. The molecule has 0 unspecified atom stereocenters. The summed E-state index contributed by atoms with van der Waals surface area (Å²) >= 11 is 0. The average Bonchev–Trinajstić information content (AvgIpc) is 3.06. The quantitative estimate of drug-likeness (QED) is 0.0530. The lowest BCUT2D eigenvalue weighted by Crippen LogP contribution is -2.33. The van der Waals surface area contributed by atoms with Crippen LogP contribution in [0.25, 0.3) is 0 Å². The number of ether oxygens (including phenoxy) is 2. The van der Waals surface area contributed by atoms with Gasteiger partial charge in [0.05, 0.1) is 19.8 Å². The topological polar surface area (TPSA) is 41.9 Å². The number of unbranched alkanes of at least 4 members (excludes halogenated alkanes) is 24. The Morgan fingerprint density at radius 1 is 0.370 bits per heavy atom. The minimum absolute atomic E-state index is 0.198. The molecule has 46 heavy (non-hydrogen) atoms. The first-order chi connectivity index (χ1) is 22.8. The number of hydrogen-bond donors (Lipinski definition) is 1. The Morgan fingerprint density at radius 3 is 1.00 bits per heavy atom. The van der Waals surface area contributed by atoms with Gasteiger partial charge in [-0.3, -0.25) is 4.90 Å². The fraction of sp³-hybridized carbons (Fsp3) is 0.905. The molecule has 0 rings (SSSR count). The first-order valence-electron chi connectivity index (χ1n) is 20.6. The third-order valence-corrected chi connectivity index (χ3v) is 9.12. The van der Waals surface area contributed by atoms with Gasteiger partial charge < -0.3 is 14.6 Å². The largest absolute Gasteiger partial charge is 0.395 e. The normalized spacial score (nSPS) is 12.1. The van der Waals surface area contributed by atoms with Gasteiger partial charge in [0.1, 0.15) is 0 Å². The van der Waals surface area contributed by atoms with Crippen molar-refractivity contribution < 1.29 is 14.6 Å². The van der Waals surface area contributed by atoms with Gasteiger partial charge in [-0.05, 0) is 64.2 Å². The summed E-state index contributed by atoms with van der Waals surface area (Å²) in [5.74, 6) is 0. The summed E-state index contributed by atoms with van der Waals surface area (Å²) in [6, 6.07) is 0. The zero-order chi connectivity index (χ0) is 33.3. The molecule has 0 saturated carbocycles. The SMILES string of the molecule is CCCCCCCC/C=C\CCCCCCCCOCCN(CCO)CCOCCCCCCCC/C=C\CCCCCCCC. The molecule has 0 aromatic heterocycles. The van der Waals surface area contributed by atoms with Crippen molar-refractivity contribution in [1.29, 1.82) is 0 Å². The molecule has 1 N–H and O–H groups in total. The lowest BCUT2D eigenvalue weighted by atomic mass is 10.1. The van der Waals surface area contributed by atoms with E-state index in [0.29, 0.717) is 6.54 Å². The van der Waals surface area contributed by atoms with Crippen LogP contribution in [-0.4, -0.2) is 62.7 Å². The first-order valence-corrected chi connectivity index (χ1v) is 20.6. The Morgan fingerprint density at radius 2 is 0.674 bits per heavy atom. The number of aliphatic hydroxyl groups excluding tert-OH is 1. The highest BCUT2D eigenvalue weighted by atomic mass is 16.5. The smallest absolute Gasteiger partial charge is 0.0593 e. The molecule has 0 aliphatic rings. The molecule has 0 atom stereocenters. The van der Waals surface area contributed by atoms with E-state index in [1.165, 1.54) is 167 Å². The molecule has 0 spiro atoms. The standard InChI is InChI=1S/C42H83NO3/c1-3-5-7-9-11-13-15-17-19-21-23-25-27-29-31-33-39-45-41-36-43(35-38-44)37-42-46-40-34-32-30-28-26-24-22-20-18-16-14-12-10-8-6-4-2/h17-20,44H,3-16,21-42H2,1-2H3/b19-17-,20-18-. The molecule has 0 aliphatic heterocycles. The van der Waals surface area contributed by atoms with Crippen LogP contribution in [0.5, 0.6) is 0 Å². The molecule has 0 saturated heterocycles. The predicted octanol–water partition coefficient (Wildman–Crippen LogP) is 12.4. The molecule has 0 aliphatic carbocycles. The maximum atomic E-state index is 9.42. The fourth-order valence-corrected chi connectivity index (χ4v) is 5.97. The van der Waals surface area contributed by atoms with Gasteiger partial charge in [-0.2, -0.15) is 0 Å². The Balaban J connectivity index is 3.40. The highest BCUT2D eigenvalue weighted by Gasteiger charge is 2.04. The van der Waals surface area contributed by atoms with Crippen LogP contribution in [0.3, 0.4) is 0 Å². The van der Waals surface area contributed by atoms with Gasteiger partial charge in [0.15, 0.2) is 0 Å². The summed E-state index contributed by atoms with van der Waals surface area (Å²) in [5, 5.41) is 9.42. The van der Waals surface area contributed by atoms with Crippen LogP contribution in [-0.2, 0) is 9.47 Å². The summed E-state index contributed by atoms with van der Waals surface area (Å²) in [6.07, 6.45) is 47.1. The van der Waals surface area contributed by atoms with Crippen molar-refractivity contribution in [3.05, 3.63) is 24.3 Å². The van der Waals surface area contributed by atoms with Gasteiger partial charge in [-0.25, -0.2) is 0 Å². The minimum atomic E-state index is 0.198. The summed E-state index contributed by atoms with van der Waals surface area (Å²) < 4.78 is 11.8. The van der Waals surface area contributed by atoms with Crippen LogP contribution < -0.4 is 0 Å². The molecule has 0 fully saturated rings. The van der Waals surface area contributed by atoms with Crippen LogP contribution in [0, 0.1) is 0 Å². The van der Waals surface area contributed by atoms with E-state index in [1.54, 1.807) is 0 Å². The number of hydrogen-bond acceptors (Lipinski definition) is 4. The van der Waals surface area contributed by atoms with Crippen LogP contribution in [0.15, 0.2) is 24.3 Å². The lowest BCUT2D eigenvalue weighted by molar-refractivity contribution is 0.0649. The molecule has 274 valence electrons. The van der Waals surface area contributed by atoms with Crippen LogP contribution in [0.2, 0.25) is 0 Å². The Bertz CT molecular complexity index is 545. The van der Waals surface area contributed by atoms with E-state index in [9.17, 15) is 5.11 Å². The van der Waals surface area contributed by atoms with E-state index in [-0.39, 0.29) is 6.61 Å². The monoisotopic (exact) mass is 650 g/mol. The van der Waals surface area contributed by atoms with E-state index < -0.39 is 0 Å². The van der Waals surface area contributed by atoms with Gasteiger partial charge in [0.25, 0.3) is 0 Å². The summed E-state index contributed by atoms with van der Waals surface area (Å²) in [5.41, 5.74) is 0. The van der Waals surface area contributed by atoms with E-state index in [4.69, 9.17) is 9.47 Å². The number of nitrogens with zero attached hydrogens (tertiary/aromatic N) is 1. The molecule has 0 aromatic carbocycles. The number of allylic oxidation sites excluding steroid dienone is 4. The van der Waals surface area contributed by atoms with E-state index in [2.05, 4.69) is 43.1 Å². The number of aliphatic hydroxyl groups is 1. The van der Waals surface area contributed by atoms with Crippen molar-refractivity contribution in [1.82, 2.24) is 4.90 Å². The van der Waals surface area contributed by atoms with E-state index >= 15 is 0 Å². The highest BCUT2D eigenvalue weighted by molar-refractivity contribution is 4.82. The average molecular weight is 650 g/mol. The van der Waals surface area contributed by atoms with E-state index in [1.807, 2.05) is 0 Å². The molecule has 4 heteroatoms. The zero-order valence-corrected chi connectivity index (χ0v) is 31.5. The van der Waals surface area contributed by atoms with Gasteiger partial charge in [0, 0.05) is 32.8 Å². The van der Waals surface area contributed by atoms with Gasteiger partial charge in [0.2, 0.25) is 0 Å². The van der Waals surface area contributed by atoms with Crippen LogP contribution in [0.4, 0.5) is 0 Å². The second-order valence-corrected chi connectivity index (χ2v) is 13.7. The molecule has 0 radical (unpaired) electrons. The predicted molar refractivity (Wildman–Crippen MR) is 204 cm³/mol. The highest BCUT2D eigenvalue weighted by Crippen LogP contribution is 2.11. The Hall–Kier alpha value is -0.680. The summed E-state index contributed by atoms with van der Waals surface area (Å²) in [7, 11) is 0. The summed E-state index contributed by atoms with van der Waals surface area (Å²) in [4.78, 5) is 2.27. The second-order valence-electron chi connectivity index (χ2n) is 13.7. The molecule has 0 aromatic rings. The Labute approximate surface area is 289 Å². The molecule has 0 bridgehead atoms. The molecule has 4 nitrogen and oxygen atoms in total.